The number of hydrogen-bond donors (Lipinski definition) is 0. The van der Waals surface area contributed by atoms with Gasteiger partial charge in [-0.05, 0) is 51.4 Å². The molecular weight excluding hydrogens is 326 g/mol. The number of carbonyl (C=O) groups excluding carboxylic acids is 1. The number of fused-ring (bicyclic) bond motifs is 2. The molecule has 4 aromatic rings. The molecule has 0 amide bonds. The molecule has 0 unspecified atom stereocenters. The summed E-state index contributed by atoms with van der Waals surface area (Å²) in [7, 11) is 0. The fraction of sp³-hybridized carbons (Fsp3) is 0. The van der Waals surface area contributed by atoms with E-state index in [9.17, 15) is 4.79 Å². The zero-order valence-electron chi connectivity index (χ0n) is 13.7. The van der Waals surface area contributed by atoms with Crippen LogP contribution in [0.4, 0.5) is 0 Å². The molecule has 0 bridgehead atoms. The average Bonchev–Trinajstić information content (AvgIpc) is 3.32. The van der Waals surface area contributed by atoms with Gasteiger partial charge in [-0.15, -0.1) is 0 Å². The van der Waals surface area contributed by atoms with Gasteiger partial charge in [-0.2, -0.15) is 0 Å². The second-order valence-electron chi connectivity index (χ2n) is 6.05. The van der Waals surface area contributed by atoms with Gasteiger partial charge in [0.05, 0.1) is 6.26 Å². The van der Waals surface area contributed by atoms with Crippen LogP contribution in [0.25, 0.3) is 27.6 Å². The monoisotopic (exact) mass is 339 g/mol. The first kappa shape index (κ1) is 14.7. The second-order valence-corrected chi connectivity index (χ2v) is 6.05. The topological polar surface area (TPSA) is 51.8 Å². The number of cyclic esters (lactones) is 1. The predicted molar refractivity (Wildman–Crippen MR) is 101 cm³/mol. The summed E-state index contributed by atoms with van der Waals surface area (Å²) >= 11 is 0. The van der Waals surface area contributed by atoms with Crippen molar-refractivity contribution in [1.29, 1.82) is 0 Å². The highest BCUT2D eigenvalue weighted by atomic mass is 16.6. The van der Waals surface area contributed by atoms with Crippen molar-refractivity contribution < 1.29 is 13.9 Å². The number of ether oxygens (including phenoxy) is 1. The quantitative estimate of drug-likeness (QED) is 0.295. The summed E-state index contributed by atoms with van der Waals surface area (Å²) in [4.78, 5) is 16.6. The standard InChI is InChI=1S/C22H13NO3/c24-22-19(23-21(26-22)20-10-5-11-25-20)13-18-16-8-3-1-6-14(16)12-15-7-2-4-9-17(15)18/h1-13H/b19-13+. The lowest BCUT2D eigenvalue weighted by Gasteiger charge is -2.08. The number of rotatable bonds is 2. The molecule has 5 rings (SSSR count). The molecule has 0 saturated carbocycles. The summed E-state index contributed by atoms with van der Waals surface area (Å²) in [5.41, 5.74) is 1.22. The Labute approximate surface area is 149 Å². The molecule has 26 heavy (non-hydrogen) atoms. The summed E-state index contributed by atoms with van der Waals surface area (Å²) < 4.78 is 10.5. The van der Waals surface area contributed by atoms with Crippen LogP contribution < -0.4 is 0 Å². The summed E-state index contributed by atoms with van der Waals surface area (Å²) in [6.45, 7) is 0. The molecule has 4 nitrogen and oxygen atoms in total. The molecule has 1 aliphatic rings. The Morgan fingerprint density at radius 1 is 0.846 bits per heavy atom. The van der Waals surface area contributed by atoms with Crippen molar-refractivity contribution in [3.05, 3.63) is 90.0 Å². The molecule has 0 aliphatic carbocycles. The van der Waals surface area contributed by atoms with Gasteiger partial charge in [-0.25, -0.2) is 9.79 Å². The van der Waals surface area contributed by atoms with E-state index in [2.05, 4.69) is 23.2 Å². The first-order valence-electron chi connectivity index (χ1n) is 8.26. The van der Waals surface area contributed by atoms with Crippen molar-refractivity contribution in [1.82, 2.24) is 0 Å². The molecule has 3 aromatic carbocycles. The molecule has 0 fully saturated rings. The third-order valence-corrected chi connectivity index (χ3v) is 4.45. The number of hydrogen-bond acceptors (Lipinski definition) is 4. The molecule has 124 valence electrons. The first-order valence-corrected chi connectivity index (χ1v) is 8.26. The zero-order chi connectivity index (χ0) is 17.5. The molecular formula is C22H13NO3. The van der Waals surface area contributed by atoms with E-state index in [0.29, 0.717) is 5.76 Å². The van der Waals surface area contributed by atoms with Crippen LogP contribution in [0.1, 0.15) is 11.3 Å². The molecule has 2 heterocycles. The molecule has 0 spiro atoms. The normalized spacial score (nSPS) is 15.6. The Morgan fingerprint density at radius 3 is 2.19 bits per heavy atom. The Bertz CT molecular complexity index is 1160. The van der Waals surface area contributed by atoms with Crippen molar-refractivity contribution in [2.75, 3.05) is 0 Å². The lowest BCUT2D eigenvalue weighted by atomic mass is 9.96. The van der Waals surface area contributed by atoms with Gasteiger partial charge in [0.1, 0.15) is 0 Å². The van der Waals surface area contributed by atoms with E-state index in [1.807, 2.05) is 36.4 Å². The second kappa shape index (κ2) is 5.70. The van der Waals surface area contributed by atoms with Gasteiger partial charge in [0.15, 0.2) is 11.5 Å². The van der Waals surface area contributed by atoms with Crippen LogP contribution in [-0.2, 0) is 9.53 Å². The highest BCUT2D eigenvalue weighted by molar-refractivity contribution is 6.14. The van der Waals surface area contributed by atoms with Gasteiger partial charge in [-0.3, -0.25) is 0 Å². The average molecular weight is 339 g/mol. The highest BCUT2D eigenvalue weighted by Gasteiger charge is 2.26. The van der Waals surface area contributed by atoms with Crippen LogP contribution in [0.2, 0.25) is 0 Å². The molecule has 4 heteroatoms. The van der Waals surface area contributed by atoms with Gasteiger partial charge in [0, 0.05) is 0 Å². The molecule has 0 radical (unpaired) electrons. The predicted octanol–water partition coefficient (Wildman–Crippen LogP) is 4.93. The Morgan fingerprint density at radius 2 is 1.54 bits per heavy atom. The van der Waals surface area contributed by atoms with Gasteiger partial charge in [-0.1, -0.05) is 48.5 Å². The molecule has 1 aliphatic heterocycles. The number of esters is 1. The van der Waals surface area contributed by atoms with Crippen LogP contribution in [0, 0.1) is 0 Å². The number of benzene rings is 3. The Kier molecular flexibility index (Phi) is 3.22. The minimum Gasteiger partial charge on any atom is -0.459 e. The van der Waals surface area contributed by atoms with E-state index >= 15 is 0 Å². The molecule has 0 N–H and O–H groups in total. The van der Waals surface area contributed by atoms with Gasteiger partial charge < -0.3 is 9.15 Å². The molecule has 0 atom stereocenters. The number of nitrogens with zero attached hydrogens (tertiary/aromatic N) is 1. The smallest absolute Gasteiger partial charge is 0.363 e. The maximum absolute atomic E-state index is 12.3. The fourth-order valence-electron chi connectivity index (χ4n) is 3.26. The highest BCUT2D eigenvalue weighted by Crippen LogP contribution is 2.31. The largest absolute Gasteiger partial charge is 0.459 e. The van der Waals surface area contributed by atoms with Crippen LogP contribution in [0.5, 0.6) is 0 Å². The fourth-order valence-corrected chi connectivity index (χ4v) is 3.26. The Hall–Kier alpha value is -3.66. The minimum absolute atomic E-state index is 0.191. The van der Waals surface area contributed by atoms with Crippen molar-refractivity contribution in [3.8, 4) is 0 Å². The van der Waals surface area contributed by atoms with E-state index in [0.717, 1.165) is 27.1 Å². The summed E-state index contributed by atoms with van der Waals surface area (Å²) in [5, 5.41) is 4.35. The zero-order valence-corrected chi connectivity index (χ0v) is 13.7. The van der Waals surface area contributed by atoms with Crippen LogP contribution >= 0.6 is 0 Å². The molecule has 0 saturated heterocycles. The van der Waals surface area contributed by atoms with Crippen LogP contribution in [-0.4, -0.2) is 11.9 Å². The summed E-state index contributed by atoms with van der Waals surface area (Å²) in [6, 6.07) is 21.8. The lowest BCUT2D eigenvalue weighted by molar-refractivity contribution is -0.130. The maximum Gasteiger partial charge on any atom is 0.363 e. The van der Waals surface area contributed by atoms with E-state index in [1.54, 1.807) is 18.2 Å². The first-order chi connectivity index (χ1) is 12.8. The van der Waals surface area contributed by atoms with E-state index in [1.165, 1.54) is 6.26 Å². The minimum atomic E-state index is -0.478. The third-order valence-electron chi connectivity index (χ3n) is 4.45. The summed E-state index contributed by atoms with van der Waals surface area (Å²) in [6.07, 6.45) is 3.31. The van der Waals surface area contributed by atoms with E-state index in [4.69, 9.17) is 9.15 Å². The van der Waals surface area contributed by atoms with Crippen molar-refractivity contribution in [2.45, 2.75) is 0 Å². The number of aliphatic imine (C=N–C) groups is 1. The van der Waals surface area contributed by atoms with Crippen LogP contribution in [0.3, 0.4) is 0 Å². The van der Waals surface area contributed by atoms with Gasteiger partial charge in [0.2, 0.25) is 0 Å². The van der Waals surface area contributed by atoms with Gasteiger partial charge >= 0.3 is 5.97 Å². The van der Waals surface area contributed by atoms with Gasteiger partial charge in [0.25, 0.3) is 5.90 Å². The van der Waals surface area contributed by atoms with Crippen LogP contribution in [0.15, 0.2) is 88.1 Å². The lowest BCUT2D eigenvalue weighted by Crippen LogP contribution is -2.04. The maximum atomic E-state index is 12.3. The third kappa shape index (κ3) is 2.31. The number of carbonyl (C=O) groups is 1. The Balaban J connectivity index is 1.75. The van der Waals surface area contributed by atoms with E-state index < -0.39 is 5.97 Å². The van der Waals surface area contributed by atoms with Crippen molar-refractivity contribution >= 4 is 39.5 Å². The van der Waals surface area contributed by atoms with E-state index in [-0.39, 0.29) is 11.6 Å². The molecule has 1 aromatic heterocycles. The van der Waals surface area contributed by atoms with Crippen molar-refractivity contribution in [3.63, 3.8) is 0 Å². The number of furan rings is 1. The summed E-state index contributed by atoms with van der Waals surface area (Å²) in [5.74, 6) is 0.147. The SMILES string of the molecule is O=C1OC(c2ccco2)=N/C1=C/c1c2ccccc2cc2ccccc12. The van der Waals surface area contributed by atoms with Crippen molar-refractivity contribution in [2.24, 2.45) is 4.99 Å².